The molecular weight excluding hydrogens is 226 g/mol. The van der Waals surface area contributed by atoms with E-state index < -0.39 is 0 Å². The summed E-state index contributed by atoms with van der Waals surface area (Å²) in [7, 11) is 0. The average Bonchev–Trinajstić information content (AvgIpc) is 2.17. The van der Waals surface area contributed by atoms with Crippen LogP contribution in [0.4, 0.5) is 5.69 Å². The first-order valence-electron chi connectivity index (χ1n) is 6.08. The molecule has 0 atom stereocenters. The summed E-state index contributed by atoms with van der Waals surface area (Å²) >= 11 is 0. The van der Waals surface area contributed by atoms with Gasteiger partial charge in [0.2, 0.25) is 0 Å². The maximum Gasteiger partial charge on any atom is 0.314 e. The van der Waals surface area contributed by atoms with Crippen LogP contribution in [0.1, 0.15) is 52.7 Å². The summed E-state index contributed by atoms with van der Waals surface area (Å²) in [5, 5.41) is 12.6. The minimum Gasteiger partial charge on any atom is -0.505 e. The molecule has 0 fully saturated rings. The van der Waals surface area contributed by atoms with Gasteiger partial charge in [0.05, 0.1) is 5.69 Å². The van der Waals surface area contributed by atoms with Crippen LogP contribution in [0, 0.1) is 0 Å². The van der Waals surface area contributed by atoms with Gasteiger partial charge in [0.25, 0.3) is 0 Å². The van der Waals surface area contributed by atoms with Crippen molar-refractivity contribution in [2.24, 2.45) is 0 Å². The van der Waals surface area contributed by atoms with Crippen LogP contribution in [0.2, 0.25) is 0 Å². The summed E-state index contributed by atoms with van der Waals surface area (Å²) < 4.78 is 0. The molecule has 1 rings (SSSR count). The number of nitrogens with one attached hydrogen (secondary N) is 1. The number of hydrogen-bond acceptors (Lipinski definition) is 2. The molecule has 1 aromatic rings. The van der Waals surface area contributed by atoms with Crippen molar-refractivity contribution in [3.05, 3.63) is 23.3 Å². The quantitative estimate of drug-likeness (QED) is 0.622. The minimum absolute atomic E-state index is 0.0486. The third-order valence-electron chi connectivity index (χ3n) is 2.97. The maximum absolute atomic E-state index is 10.5. The zero-order chi connectivity index (χ0) is 14.1. The van der Waals surface area contributed by atoms with Gasteiger partial charge in [0.1, 0.15) is 5.75 Å². The number of aromatic hydroxyl groups is 1. The number of phenols is 1. The van der Waals surface area contributed by atoms with E-state index in [1.165, 1.54) is 0 Å². The number of hydrogen-bond donors (Lipinski definition) is 2. The molecule has 0 aliphatic carbocycles. The van der Waals surface area contributed by atoms with E-state index in [4.69, 9.17) is 0 Å². The van der Waals surface area contributed by atoms with Crippen LogP contribution in [-0.4, -0.2) is 11.5 Å². The zero-order valence-electron chi connectivity index (χ0n) is 12.0. The number of rotatable bonds is 2. The van der Waals surface area contributed by atoms with Gasteiger partial charge in [-0.1, -0.05) is 47.6 Å². The van der Waals surface area contributed by atoms with Crippen molar-refractivity contribution in [1.29, 1.82) is 0 Å². The van der Waals surface area contributed by atoms with E-state index in [9.17, 15) is 9.90 Å². The molecule has 3 heteroatoms. The molecule has 0 aliphatic rings. The highest BCUT2D eigenvalue weighted by Crippen LogP contribution is 2.39. The Morgan fingerprint density at radius 2 is 1.61 bits per heavy atom. The standard InChI is InChI=1S/C15H22NO2/c1-14(2,3)10-7-11(15(4,5)6)13(18)12(8-10)16-9-17/h7-8,18H,1-6H3,(H,16,17). The van der Waals surface area contributed by atoms with E-state index >= 15 is 0 Å². The SMILES string of the molecule is CC(C)(C)c1cc(N[C]=O)c(O)c(C(C)(C)C)c1. The molecule has 0 heterocycles. The highest BCUT2D eigenvalue weighted by molar-refractivity contribution is 5.77. The molecule has 1 radical (unpaired) electrons. The van der Waals surface area contributed by atoms with Crippen molar-refractivity contribution < 1.29 is 9.90 Å². The number of benzene rings is 1. The van der Waals surface area contributed by atoms with Crippen LogP contribution < -0.4 is 5.32 Å². The molecule has 2 N–H and O–H groups in total. The highest BCUT2D eigenvalue weighted by Gasteiger charge is 2.24. The van der Waals surface area contributed by atoms with Crippen molar-refractivity contribution in [2.45, 2.75) is 52.4 Å². The maximum atomic E-state index is 10.5. The van der Waals surface area contributed by atoms with Crippen LogP contribution in [0.15, 0.2) is 12.1 Å². The van der Waals surface area contributed by atoms with E-state index in [1.807, 2.05) is 26.8 Å². The van der Waals surface area contributed by atoms with Crippen LogP contribution in [0.3, 0.4) is 0 Å². The lowest BCUT2D eigenvalue weighted by molar-refractivity contribution is 0.447. The van der Waals surface area contributed by atoms with Gasteiger partial charge in [-0.15, -0.1) is 0 Å². The Morgan fingerprint density at radius 1 is 1.06 bits per heavy atom. The van der Waals surface area contributed by atoms with Crippen LogP contribution in [-0.2, 0) is 15.6 Å². The lowest BCUT2D eigenvalue weighted by Gasteiger charge is -2.27. The zero-order valence-corrected chi connectivity index (χ0v) is 12.0. The first-order chi connectivity index (χ1) is 8.07. The topological polar surface area (TPSA) is 49.3 Å². The van der Waals surface area contributed by atoms with Gasteiger partial charge in [0.15, 0.2) is 0 Å². The summed E-state index contributed by atoms with van der Waals surface area (Å²) in [6, 6.07) is 3.81. The number of carbonyl (C=O) groups excluding carboxylic acids is 1. The lowest BCUT2D eigenvalue weighted by Crippen LogP contribution is -2.17. The van der Waals surface area contributed by atoms with Gasteiger partial charge in [-0.05, 0) is 22.5 Å². The molecule has 0 aromatic heterocycles. The largest absolute Gasteiger partial charge is 0.505 e. The molecule has 0 unspecified atom stereocenters. The first kappa shape index (κ1) is 14.6. The van der Waals surface area contributed by atoms with Crippen molar-refractivity contribution in [1.82, 2.24) is 0 Å². The molecule has 3 nitrogen and oxygen atoms in total. The second kappa shape index (κ2) is 4.63. The molecule has 1 aromatic carbocycles. The van der Waals surface area contributed by atoms with E-state index in [1.54, 1.807) is 12.5 Å². The van der Waals surface area contributed by atoms with Crippen molar-refractivity contribution in [3.8, 4) is 5.75 Å². The Morgan fingerprint density at radius 3 is 2.00 bits per heavy atom. The van der Waals surface area contributed by atoms with Crippen LogP contribution >= 0.6 is 0 Å². The molecule has 0 bridgehead atoms. The second-order valence-electron chi connectivity index (χ2n) is 6.65. The highest BCUT2D eigenvalue weighted by atomic mass is 16.3. The van der Waals surface area contributed by atoms with Gasteiger partial charge < -0.3 is 10.4 Å². The van der Waals surface area contributed by atoms with Gasteiger partial charge in [-0.3, -0.25) is 4.79 Å². The second-order valence-corrected chi connectivity index (χ2v) is 6.65. The van der Waals surface area contributed by atoms with Gasteiger partial charge >= 0.3 is 6.41 Å². The minimum atomic E-state index is -0.190. The predicted octanol–water partition coefficient (Wildman–Crippen LogP) is 3.47. The van der Waals surface area contributed by atoms with E-state index in [2.05, 4.69) is 26.1 Å². The number of anilines is 1. The fourth-order valence-corrected chi connectivity index (χ4v) is 1.79. The molecule has 1 amide bonds. The summed E-state index contributed by atoms with van der Waals surface area (Å²) in [5.74, 6) is 0.124. The number of phenolic OH excluding ortho intramolecular Hbond substituents is 1. The molecule has 0 spiro atoms. The molecule has 0 saturated heterocycles. The monoisotopic (exact) mass is 248 g/mol. The predicted molar refractivity (Wildman–Crippen MR) is 74.8 cm³/mol. The normalized spacial score (nSPS) is 12.3. The van der Waals surface area contributed by atoms with Gasteiger partial charge in [-0.25, -0.2) is 0 Å². The molecule has 0 aliphatic heterocycles. The van der Waals surface area contributed by atoms with E-state index in [0.29, 0.717) is 5.69 Å². The summed E-state index contributed by atoms with van der Waals surface area (Å²) in [6.45, 7) is 12.4. The molecule has 18 heavy (non-hydrogen) atoms. The van der Waals surface area contributed by atoms with Crippen LogP contribution in [0.5, 0.6) is 5.75 Å². The number of amides is 1. The molecular formula is C15H22NO2. The third kappa shape index (κ3) is 3.03. The van der Waals surface area contributed by atoms with Gasteiger partial charge in [0, 0.05) is 5.56 Å². The third-order valence-corrected chi connectivity index (χ3v) is 2.97. The molecule has 99 valence electrons. The van der Waals surface area contributed by atoms with E-state index in [0.717, 1.165) is 11.1 Å². The van der Waals surface area contributed by atoms with Crippen LogP contribution in [0.25, 0.3) is 0 Å². The Labute approximate surface area is 109 Å². The molecule has 0 saturated carbocycles. The van der Waals surface area contributed by atoms with Crippen molar-refractivity contribution in [3.63, 3.8) is 0 Å². The van der Waals surface area contributed by atoms with E-state index in [-0.39, 0.29) is 16.6 Å². The summed E-state index contributed by atoms with van der Waals surface area (Å²) in [4.78, 5) is 10.5. The fourth-order valence-electron chi connectivity index (χ4n) is 1.79. The van der Waals surface area contributed by atoms with Crippen molar-refractivity contribution in [2.75, 3.05) is 5.32 Å². The Hall–Kier alpha value is -1.51. The summed E-state index contributed by atoms with van der Waals surface area (Å²) in [6.07, 6.45) is 1.62. The Kier molecular flexibility index (Phi) is 3.75. The smallest absolute Gasteiger partial charge is 0.314 e. The Bertz CT molecular complexity index is 451. The average molecular weight is 248 g/mol. The lowest BCUT2D eigenvalue weighted by atomic mass is 9.80. The first-order valence-corrected chi connectivity index (χ1v) is 6.08. The van der Waals surface area contributed by atoms with Crippen molar-refractivity contribution >= 4 is 12.1 Å². The summed E-state index contributed by atoms with van der Waals surface area (Å²) in [5.41, 5.74) is 2.08. The fraction of sp³-hybridized carbons (Fsp3) is 0.533. The van der Waals surface area contributed by atoms with Gasteiger partial charge in [-0.2, -0.15) is 0 Å². The Balaban J connectivity index is 3.52.